The van der Waals surface area contributed by atoms with Crippen molar-refractivity contribution >= 4 is 5.91 Å². The van der Waals surface area contributed by atoms with Crippen molar-refractivity contribution in [1.82, 2.24) is 5.32 Å². The van der Waals surface area contributed by atoms with Crippen molar-refractivity contribution in [3.05, 3.63) is 108 Å². The monoisotopic (exact) mass is 413 g/mol. The van der Waals surface area contributed by atoms with Crippen LogP contribution in [0.3, 0.4) is 0 Å². The summed E-state index contributed by atoms with van der Waals surface area (Å²) in [5.74, 6) is 1.29. The molecule has 1 heterocycles. The highest BCUT2D eigenvalue weighted by Crippen LogP contribution is 2.29. The highest BCUT2D eigenvalue weighted by molar-refractivity contribution is 5.98. The zero-order valence-electron chi connectivity index (χ0n) is 17.2. The number of hydrogen-bond acceptors (Lipinski definition) is 4. The van der Waals surface area contributed by atoms with E-state index >= 15 is 0 Å². The lowest BCUT2D eigenvalue weighted by atomic mass is 10.1. The second kappa shape index (κ2) is 9.67. The first-order chi connectivity index (χ1) is 15.2. The van der Waals surface area contributed by atoms with Gasteiger partial charge in [0.05, 0.1) is 13.4 Å². The van der Waals surface area contributed by atoms with Crippen molar-refractivity contribution in [3.63, 3.8) is 0 Å². The van der Waals surface area contributed by atoms with Crippen LogP contribution in [0.25, 0.3) is 11.1 Å². The van der Waals surface area contributed by atoms with E-state index in [9.17, 15) is 4.79 Å². The van der Waals surface area contributed by atoms with Crippen molar-refractivity contribution in [2.24, 2.45) is 0 Å². The maximum Gasteiger partial charge on any atom is 0.287 e. The summed E-state index contributed by atoms with van der Waals surface area (Å²) in [4.78, 5) is 12.7. The van der Waals surface area contributed by atoms with Gasteiger partial charge in [-0.15, -0.1) is 0 Å². The molecule has 156 valence electrons. The molecule has 0 aliphatic heterocycles. The van der Waals surface area contributed by atoms with Gasteiger partial charge in [-0.3, -0.25) is 4.79 Å². The highest BCUT2D eigenvalue weighted by atomic mass is 16.5. The van der Waals surface area contributed by atoms with E-state index < -0.39 is 0 Å². The summed E-state index contributed by atoms with van der Waals surface area (Å²) in [6.45, 7) is 0.789. The number of hydrogen-bond donors (Lipinski definition) is 1. The Hall–Kier alpha value is -3.99. The van der Waals surface area contributed by atoms with E-state index in [0.717, 1.165) is 22.3 Å². The molecule has 5 heteroatoms. The van der Waals surface area contributed by atoms with E-state index in [4.69, 9.17) is 13.9 Å². The lowest BCUT2D eigenvalue weighted by molar-refractivity contribution is 0.0924. The van der Waals surface area contributed by atoms with Crippen molar-refractivity contribution in [2.75, 3.05) is 7.11 Å². The summed E-state index contributed by atoms with van der Waals surface area (Å²) in [6.07, 6.45) is 1.53. The molecule has 4 aromatic rings. The van der Waals surface area contributed by atoms with Gasteiger partial charge in [-0.05, 0) is 34.9 Å². The van der Waals surface area contributed by atoms with Crippen LogP contribution in [-0.2, 0) is 13.2 Å². The largest absolute Gasteiger partial charge is 0.493 e. The number of carbonyl (C=O) groups is 1. The van der Waals surface area contributed by atoms with Gasteiger partial charge in [0.2, 0.25) is 0 Å². The molecular weight excluding hydrogens is 390 g/mol. The quantitative estimate of drug-likeness (QED) is 0.416. The molecule has 5 nitrogen and oxygen atoms in total. The van der Waals surface area contributed by atoms with Gasteiger partial charge in [0.25, 0.3) is 5.91 Å². The highest BCUT2D eigenvalue weighted by Gasteiger charge is 2.16. The first-order valence-electron chi connectivity index (χ1n) is 9.99. The first kappa shape index (κ1) is 20.3. The predicted molar refractivity (Wildman–Crippen MR) is 119 cm³/mol. The average Bonchev–Trinajstić information content (AvgIpc) is 3.33. The molecule has 1 N–H and O–H groups in total. The van der Waals surface area contributed by atoms with Crippen LogP contribution in [-0.4, -0.2) is 13.0 Å². The number of furan rings is 1. The Bertz CT molecular complexity index is 1140. The van der Waals surface area contributed by atoms with E-state index in [2.05, 4.69) is 5.32 Å². The summed E-state index contributed by atoms with van der Waals surface area (Å²) >= 11 is 0. The maximum absolute atomic E-state index is 12.7. The molecule has 0 radical (unpaired) electrons. The van der Waals surface area contributed by atoms with Crippen LogP contribution in [0.2, 0.25) is 0 Å². The van der Waals surface area contributed by atoms with E-state index in [-0.39, 0.29) is 5.91 Å². The molecule has 0 aliphatic carbocycles. The molecule has 0 aliphatic rings. The minimum atomic E-state index is -0.271. The zero-order valence-corrected chi connectivity index (χ0v) is 17.2. The minimum Gasteiger partial charge on any atom is -0.493 e. The smallest absolute Gasteiger partial charge is 0.287 e. The summed E-state index contributed by atoms with van der Waals surface area (Å²) in [7, 11) is 1.60. The van der Waals surface area contributed by atoms with Crippen molar-refractivity contribution in [3.8, 4) is 22.6 Å². The number of amides is 1. The molecule has 4 rings (SSSR count). The van der Waals surface area contributed by atoms with Gasteiger partial charge in [0.1, 0.15) is 6.61 Å². The number of methoxy groups -OCH3 is 1. The third-order valence-electron chi connectivity index (χ3n) is 4.87. The van der Waals surface area contributed by atoms with Crippen molar-refractivity contribution in [1.29, 1.82) is 0 Å². The molecule has 0 atom stereocenters. The molecular formula is C26H23NO4. The van der Waals surface area contributed by atoms with Crippen LogP contribution in [0.4, 0.5) is 0 Å². The van der Waals surface area contributed by atoms with Gasteiger partial charge >= 0.3 is 0 Å². The molecule has 3 aromatic carbocycles. The van der Waals surface area contributed by atoms with Crippen LogP contribution >= 0.6 is 0 Å². The number of ether oxygens (including phenoxy) is 2. The fourth-order valence-corrected chi connectivity index (χ4v) is 3.27. The molecule has 0 saturated heterocycles. The Labute approximate surface area is 181 Å². The maximum atomic E-state index is 12.7. The zero-order chi connectivity index (χ0) is 21.5. The lowest BCUT2D eigenvalue weighted by Gasteiger charge is -2.13. The number of benzene rings is 3. The van der Waals surface area contributed by atoms with E-state index in [1.54, 1.807) is 13.2 Å². The number of carbonyl (C=O) groups excluding carboxylic acids is 1. The van der Waals surface area contributed by atoms with Gasteiger partial charge in [-0.2, -0.15) is 0 Å². The third kappa shape index (κ3) is 4.95. The van der Waals surface area contributed by atoms with Crippen molar-refractivity contribution in [2.45, 2.75) is 13.2 Å². The van der Waals surface area contributed by atoms with Crippen LogP contribution in [0, 0.1) is 0 Å². The normalized spacial score (nSPS) is 10.5. The molecule has 0 bridgehead atoms. The summed E-state index contributed by atoms with van der Waals surface area (Å²) < 4.78 is 16.8. The van der Waals surface area contributed by atoms with Crippen molar-refractivity contribution < 1.29 is 18.7 Å². The Kier molecular flexibility index (Phi) is 6.33. The van der Waals surface area contributed by atoms with Gasteiger partial charge in [-0.1, -0.05) is 66.7 Å². The fraction of sp³-hybridized carbons (Fsp3) is 0.115. The van der Waals surface area contributed by atoms with E-state index in [1.165, 1.54) is 6.26 Å². The minimum absolute atomic E-state index is 0.271. The van der Waals surface area contributed by atoms with E-state index in [0.29, 0.717) is 30.4 Å². The second-order valence-electron chi connectivity index (χ2n) is 6.97. The van der Waals surface area contributed by atoms with Gasteiger partial charge in [0.15, 0.2) is 17.3 Å². The van der Waals surface area contributed by atoms with Gasteiger partial charge < -0.3 is 19.2 Å². The summed E-state index contributed by atoms with van der Waals surface area (Å²) in [5, 5.41) is 2.91. The Morgan fingerprint density at radius 3 is 2.35 bits per heavy atom. The van der Waals surface area contributed by atoms with Gasteiger partial charge in [0, 0.05) is 12.1 Å². The average molecular weight is 413 g/mol. The molecule has 1 aromatic heterocycles. The number of nitrogens with one attached hydrogen (secondary N) is 1. The molecule has 0 fully saturated rings. The summed E-state index contributed by atoms with van der Waals surface area (Å²) in [6, 6.07) is 27.0. The van der Waals surface area contributed by atoms with Crippen LogP contribution < -0.4 is 14.8 Å². The molecule has 0 unspecified atom stereocenters. The fourth-order valence-electron chi connectivity index (χ4n) is 3.27. The Morgan fingerprint density at radius 2 is 1.61 bits per heavy atom. The molecule has 0 saturated carbocycles. The lowest BCUT2D eigenvalue weighted by Crippen LogP contribution is -2.22. The SMILES string of the molecule is COc1cc(CNC(=O)c2occc2-c2ccccc2)ccc1OCc1ccccc1. The Morgan fingerprint density at radius 1 is 0.871 bits per heavy atom. The molecule has 1 amide bonds. The van der Waals surface area contributed by atoms with Crippen LogP contribution in [0.15, 0.2) is 95.6 Å². The molecule has 31 heavy (non-hydrogen) atoms. The standard InChI is InChI=1S/C26H23NO4/c1-29-24-16-20(12-13-23(24)31-18-19-8-4-2-5-9-19)17-27-26(28)25-22(14-15-30-25)21-10-6-3-7-11-21/h2-16H,17-18H2,1H3,(H,27,28). The third-order valence-corrected chi connectivity index (χ3v) is 4.87. The number of rotatable bonds is 8. The second-order valence-corrected chi connectivity index (χ2v) is 6.97. The first-order valence-corrected chi connectivity index (χ1v) is 9.99. The topological polar surface area (TPSA) is 60.7 Å². The van der Waals surface area contributed by atoms with Crippen LogP contribution in [0.1, 0.15) is 21.7 Å². The predicted octanol–water partition coefficient (Wildman–Crippen LogP) is 5.46. The summed E-state index contributed by atoms with van der Waals surface area (Å²) in [5.41, 5.74) is 3.67. The molecule has 0 spiro atoms. The van der Waals surface area contributed by atoms with Crippen LogP contribution in [0.5, 0.6) is 11.5 Å². The Balaban J connectivity index is 1.41. The van der Waals surface area contributed by atoms with Gasteiger partial charge in [-0.25, -0.2) is 0 Å². The van der Waals surface area contributed by atoms with E-state index in [1.807, 2.05) is 78.9 Å².